The number of ether oxygens (including phenoxy) is 1. The molecule has 3 aliphatic heterocycles. The van der Waals surface area contributed by atoms with Crippen molar-refractivity contribution in [2.45, 2.75) is 37.8 Å². The summed E-state index contributed by atoms with van der Waals surface area (Å²) in [5.41, 5.74) is 0.609. The second-order valence-electron chi connectivity index (χ2n) is 8.16. The molecule has 0 saturated carbocycles. The molecule has 2 saturated heterocycles. The van der Waals surface area contributed by atoms with E-state index in [0.29, 0.717) is 19.6 Å². The molecule has 2 atom stereocenters. The Morgan fingerprint density at radius 3 is 2.59 bits per heavy atom. The van der Waals surface area contributed by atoms with E-state index in [1.54, 1.807) is 0 Å². The quantitative estimate of drug-likeness (QED) is 0.594. The van der Waals surface area contributed by atoms with Crippen LogP contribution in [0.2, 0.25) is 0 Å². The standard InChI is InChI=1S/C22H26N4O6/c1-23-20(29)17-5-2-8-25(17)18(27)11-24-19(28)13-6-7-15-16(10-13)22(31)26(21(15)30)12-14-4-3-9-32-14/h6-7,10,14,17H,2-5,8-9,11-12H2,1H3,(H,23,29)(H,24,28). The van der Waals surface area contributed by atoms with Crippen LogP contribution in [0.25, 0.3) is 0 Å². The van der Waals surface area contributed by atoms with Crippen LogP contribution < -0.4 is 10.6 Å². The molecule has 0 aliphatic carbocycles. The van der Waals surface area contributed by atoms with Gasteiger partial charge in [0.2, 0.25) is 11.8 Å². The third kappa shape index (κ3) is 4.10. The molecule has 1 aromatic carbocycles. The van der Waals surface area contributed by atoms with Crippen molar-refractivity contribution in [3.63, 3.8) is 0 Å². The number of imide groups is 1. The summed E-state index contributed by atoms with van der Waals surface area (Å²) in [5.74, 6) is -1.94. The number of likely N-dealkylation sites (tertiary alicyclic amines) is 1. The van der Waals surface area contributed by atoms with Crippen molar-refractivity contribution in [2.24, 2.45) is 0 Å². The molecule has 0 bridgehead atoms. The van der Waals surface area contributed by atoms with Gasteiger partial charge in [0.15, 0.2) is 0 Å². The minimum Gasteiger partial charge on any atom is -0.376 e. The first kappa shape index (κ1) is 21.9. The summed E-state index contributed by atoms with van der Waals surface area (Å²) in [6, 6.07) is 3.78. The van der Waals surface area contributed by atoms with E-state index in [2.05, 4.69) is 10.6 Å². The summed E-state index contributed by atoms with van der Waals surface area (Å²) >= 11 is 0. The molecule has 1 aromatic rings. The highest BCUT2D eigenvalue weighted by atomic mass is 16.5. The molecule has 170 valence electrons. The number of carbonyl (C=O) groups is 5. The fraction of sp³-hybridized carbons (Fsp3) is 0.500. The van der Waals surface area contributed by atoms with Crippen LogP contribution in [-0.4, -0.2) is 84.8 Å². The van der Waals surface area contributed by atoms with Crippen LogP contribution in [0, 0.1) is 0 Å². The molecule has 0 aromatic heterocycles. The van der Waals surface area contributed by atoms with Crippen molar-refractivity contribution in [1.29, 1.82) is 0 Å². The monoisotopic (exact) mass is 442 g/mol. The molecule has 0 radical (unpaired) electrons. The number of carbonyl (C=O) groups excluding carboxylic acids is 5. The Hall–Kier alpha value is -3.27. The van der Waals surface area contributed by atoms with E-state index in [-0.39, 0.29) is 47.7 Å². The van der Waals surface area contributed by atoms with Gasteiger partial charge < -0.3 is 20.3 Å². The fourth-order valence-electron chi connectivity index (χ4n) is 4.45. The van der Waals surface area contributed by atoms with E-state index in [1.807, 2.05) is 0 Å². The highest BCUT2D eigenvalue weighted by Crippen LogP contribution is 2.26. The number of amides is 5. The van der Waals surface area contributed by atoms with Gasteiger partial charge in [0.05, 0.1) is 30.3 Å². The Bertz CT molecular complexity index is 971. The van der Waals surface area contributed by atoms with Crippen molar-refractivity contribution in [3.8, 4) is 0 Å². The molecular weight excluding hydrogens is 416 g/mol. The van der Waals surface area contributed by atoms with Gasteiger partial charge in [-0.3, -0.25) is 28.9 Å². The largest absolute Gasteiger partial charge is 0.376 e. The first-order chi connectivity index (χ1) is 15.4. The van der Waals surface area contributed by atoms with E-state index >= 15 is 0 Å². The van der Waals surface area contributed by atoms with Crippen LogP contribution in [0.3, 0.4) is 0 Å². The van der Waals surface area contributed by atoms with Gasteiger partial charge in [0.25, 0.3) is 17.7 Å². The van der Waals surface area contributed by atoms with Gasteiger partial charge in [-0.25, -0.2) is 0 Å². The summed E-state index contributed by atoms with van der Waals surface area (Å²) < 4.78 is 5.53. The normalized spacial score (nSPS) is 22.3. The molecule has 10 nitrogen and oxygen atoms in total. The van der Waals surface area contributed by atoms with E-state index in [9.17, 15) is 24.0 Å². The van der Waals surface area contributed by atoms with Crippen molar-refractivity contribution in [3.05, 3.63) is 34.9 Å². The Labute approximate surface area is 185 Å². The van der Waals surface area contributed by atoms with Crippen LogP contribution in [0.4, 0.5) is 0 Å². The number of likely N-dealkylation sites (N-methyl/N-ethyl adjacent to an activating group) is 1. The molecule has 2 fully saturated rings. The van der Waals surface area contributed by atoms with E-state index in [1.165, 1.54) is 30.1 Å². The maximum atomic E-state index is 12.8. The molecule has 2 N–H and O–H groups in total. The van der Waals surface area contributed by atoms with Gasteiger partial charge in [-0.2, -0.15) is 0 Å². The highest BCUT2D eigenvalue weighted by molar-refractivity contribution is 6.22. The predicted molar refractivity (Wildman–Crippen MR) is 112 cm³/mol. The topological polar surface area (TPSA) is 125 Å². The highest BCUT2D eigenvalue weighted by Gasteiger charge is 2.38. The summed E-state index contributed by atoms with van der Waals surface area (Å²) in [6.45, 7) is 1.02. The fourth-order valence-corrected chi connectivity index (χ4v) is 4.45. The molecule has 10 heteroatoms. The number of nitrogens with zero attached hydrogens (tertiary/aromatic N) is 2. The van der Waals surface area contributed by atoms with Crippen LogP contribution in [0.15, 0.2) is 18.2 Å². The number of fused-ring (bicyclic) bond motifs is 1. The molecule has 5 amide bonds. The average molecular weight is 442 g/mol. The number of hydrogen-bond acceptors (Lipinski definition) is 6. The zero-order chi connectivity index (χ0) is 22.8. The molecular formula is C22H26N4O6. The van der Waals surface area contributed by atoms with Gasteiger partial charge in [-0.05, 0) is 43.9 Å². The molecule has 2 unspecified atom stereocenters. The summed E-state index contributed by atoms with van der Waals surface area (Å²) in [7, 11) is 1.52. The predicted octanol–water partition coefficient (Wildman–Crippen LogP) is -0.0716. The SMILES string of the molecule is CNC(=O)C1CCCN1C(=O)CNC(=O)c1ccc2c(c1)C(=O)N(CC1CCCO1)C2=O. The van der Waals surface area contributed by atoms with Crippen molar-refractivity contribution in [2.75, 3.05) is 33.3 Å². The third-order valence-corrected chi connectivity index (χ3v) is 6.17. The Kier molecular flexibility index (Phi) is 6.22. The molecule has 3 aliphatic rings. The van der Waals surface area contributed by atoms with E-state index < -0.39 is 23.8 Å². The zero-order valence-electron chi connectivity index (χ0n) is 17.9. The van der Waals surface area contributed by atoms with Crippen molar-refractivity contribution in [1.82, 2.24) is 20.4 Å². The van der Waals surface area contributed by atoms with Crippen molar-refractivity contribution < 1.29 is 28.7 Å². The number of hydrogen-bond donors (Lipinski definition) is 2. The lowest BCUT2D eigenvalue weighted by atomic mass is 10.1. The summed E-state index contributed by atoms with van der Waals surface area (Å²) in [5, 5.41) is 5.10. The lowest BCUT2D eigenvalue weighted by Crippen LogP contribution is -2.48. The van der Waals surface area contributed by atoms with E-state index in [4.69, 9.17) is 4.74 Å². The maximum Gasteiger partial charge on any atom is 0.261 e. The number of benzene rings is 1. The van der Waals surface area contributed by atoms with Crippen molar-refractivity contribution >= 4 is 29.5 Å². The van der Waals surface area contributed by atoms with Gasteiger partial charge in [-0.1, -0.05) is 0 Å². The molecule has 0 spiro atoms. The molecule has 3 heterocycles. The lowest BCUT2D eigenvalue weighted by Gasteiger charge is -2.23. The smallest absolute Gasteiger partial charge is 0.261 e. The average Bonchev–Trinajstić information content (AvgIpc) is 3.54. The van der Waals surface area contributed by atoms with Crippen LogP contribution in [-0.2, 0) is 14.3 Å². The molecule has 32 heavy (non-hydrogen) atoms. The maximum absolute atomic E-state index is 12.8. The van der Waals surface area contributed by atoms with Crippen LogP contribution in [0.1, 0.15) is 56.8 Å². The van der Waals surface area contributed by atoms with Gasteiger partial charge >= 0.3 is 0 Å². The minimum atomic E-state index is -0.533. The Balaban J connectivity index is 1.39. The zero-order valence-corrected chi connectivity index (χ0v) is 17.9. The summed E-state index contributed by atoms with van der Waals surface area (Å²) in [4.78, 5) is 65.0. The first-order valence-electron chi connectivity index (χ1n) is 10.8. The number of nitrogens with one attached hydrogen (secondary N) is 2. The molecule has 4 rings (SSSR count). The first-order valence-corrected chi connectivity index (χ1v) is 10.8. The summed E-state index contributed by atoms with van der Waals surface area (Å²) in [6.07, 6.45) is 2.85. The Morgan fingerprint density at radius 1 is 1.09 bits per heavy atom. The van der Waals surface area contributed by atoms with Gasteiger partial charge in [0.1, 0.15) is 6.04 Å². The third-order valence-electron chi connectivity index (χ3n) is 6.17. The van der Waals surface area contributed by atoms with Gasteiger partial charge in [-0.15, -0.1) is 0 Å². The number of rotatable bonds is 6. The van der Waals surface area contributed by atoms with Crippen LogP contribution >= 0.6 is 0 Å². The van der Waals surface area contributed by atoms with Gasteiger partial charge in [0, 0.05) is 25.8 Å². The minimum absolute atomic E-state index is 0.157. The van der Waals surface area contributed by atoms with Crippen LogP contribution in [0.5, 0.6) is 0 Å². The second-order valence-corrected chi connectivity index (χ2v) is 8.16. The second kappa shape index (κ2) is 9.07. The van der Waals surface area contributed by atoms with E-state index in [0.717, 1.165) is 24.2 Å². The Morgan fingerprint density at radius 2 is 1.88 bits per heavy atom. The lowest BCUT2D eigenvalue weighted by molar-refractivity contribution is -0.137.